The van der Waals surface area contributed by atoms with E-state index in [9.17, 15) is 13.2 Å². The van der Waals surface area contributed by atoms with E-state index in [0.29, 0.717) is 5.56 Å². The molecule has 1 rings (SSSR count). The summed E-state index contributed by atoms with van der Waals surface area (Å²) in [5.41, 5.74) is 0.00196. The summed E-state index contributed by atoms with van der Waals surface area (Å²) in [5.74, 6) is 7.97. The Kier molecular flexibility index (Phi) is 12.3. The van der Waals surface area contributed by atoms with Crippen molar-refractivity contribution in [2.75, 3.05) is 18.1 Å². The van der Waals surface area contributed by atoms with E-state index >= 15 is 0 Å². The van der Waals surface area contributed by atoms with Gasteiger partial charge in [-0.1, -0.05) is 50.4 Å². The standard InChI is InChI=1S/C21H29F3OS/c22-21(23,24)20-14-12-19(13-15-20)11-9-7-5-3-1-2-4-6-8-10-17-26-18-16-25/h12-15,25H,1-8,10,16-18H2. The third-order valence-corrected chi connectivity index (χ3v) is 5.07. The monoisotopic (exact) mass is 386 g/mol. The minimum absolute atomic E-state index is 0.277. The van der Waals surface area contributed by atoms with E-state index in [1.165, 1.54) is 50.7 Å². The predicted octanol–water partition coefficient (Wildman–Crippen LogP) is 6.29. The van der Waals surface area contributed by atoms with E-state index in [4.69, 9.17) is 5.11 Å². The number of hydrogen-bond donors (Lipinski definition) is 1. The molecule has 1 N–H and O–H groups in total. The highest BCUT2D eigenvalue weighted by Crippen LogP contribution is 2.28. The number of thioether (sulfide) groups is 1. The zero-order valence-corrected chi connectivity index (χ0v) is 16.1. The second kappa shape index (κ2) is 14.0. The summed E-state index contributed by atoms with van der Waals surface area (Å²) in [5, 5.41) is 8.67. The number of unbranched alkanes of at least 4 members (excludes halogenated alkanes) is 8. The van der Waals surface area contributed by atoms with Crippen LogP contribution in [0.3, 0.4) is 0 Å². The number of rotatable bonds is 12. The molecule has 0 aromatic heterocycles. The quantitative estimate of drug-likeness (QED) is 0.336. The van der Waals surface area contributed by atoms with E-state index in [-0.39, 0.29) is 6.61 Å². The van der Waals surface area contributed by atoms with Crippen molar-refractivity contribution >= 4 is 11.8 Å². The summed E-state index contributed by atoms with van der Waals surface area (Å²) in [6.07, 6.45) is 6.28. The molecule has 1 aromatic carbocycles. The Balaban J connectivity index is 1.99. The van der Waals surface area contributed by atoms with Crippen LogP contribution in [-0.4, -0.2) is 23.2 Å². The van der Waals surface area contributed by atoms with Crippen LogP contribution in [0.15, 0.2) is 24.3 Å². The van der Waals surface area contributed by atoms with Crippen molar-refractivity contribution in [3.63, 3.8) is 0 Å². The summed E-state index contributed by atoms with van der Waals surface area (Å²) >= 11 is 1.82. The molecule has 0 amide bonds. The van der Waals surface area contributed by atoms with Crippen LogP contribution in [0.5, 0.6) is 0 Å². The zero-order valence-electron chi connectivity index (χ0n) is 15.3. The second-order valence-electron chi connectivity index (χ2n) is 6.29. The van der Waals surface area contributed by atoms with Gasteiger partial charge in [0, 0.05) is 17.7 Å². The molecule has 0 spiro atoms. The molecule has 0 radical (unpaired) electrons. The molecule has 146 valence electrons. The normalized spacial score (nSPS) is 11.2. The molecule has 1 aromatic rings. The number of hydrogen-bond acceptors (Lipinski definition) is 2. The Bertz CT molecular complexity index is 529. The van der Waals surface area contributed by atoms with Crippen molar-refractivity contribution in [3.8, 4) is 11.8 Å². The van der Waals surface area contributed by atoms with Gasteiger partial charge in [-0.25, -0.2) is 0 Å². The minimum Gasteiger partial charge on any atom is -0.396 e. The Morgan fingerprint density at radius 1 is 0.808 bits per heavy atom. The minimum atomic E-state index is -4.29. The first-order valence-corrected chi connectivity index (χ1v) is 10.5. The highest BCUT2D eigenvalue weighted by molar-refractivity contribution is 7.99. The maximum Gasteiger partial charge on any atom is 0.416 e. The summed E-state index contributed by atoms with van der Waals surface area (Å²) in [6.45, 7) is 0.277. The van der Waals surface area contributed by atoms with Crippen molar-refractivity contribution in [2.45, 2.75) is 64.0 Å². The molecule has 1 nitrogen and oxygen atoms in total. The van der Waals surface area contributed by atoms with Gasteiger partial charge in [-0.05, 0) is 42.9 Å². The van der Waals surface area contributed by atoms with Crippen molar-refractivity contribution in [2.24, 2.45) is 0 Å². The van der Waals surface area contributed by atoms with E-state index in [2.05, 4.69) is 11.8 Å². The summed E-state index contributed by atoms with van der Waals surface area (Å²) in [4.78, 5) is 0. The Morgan fingerprint density at radius 3 is 1.96 bits per heavy atom. The molecule has 0 aliphatic heterocycles. The van der Waals surface area contributed by atoms with E-state index in [0.717, 1.165) is 42.9 Å². The van der Waals surface area contributed by atoms with Crippen LogP contribution in [0.4, 0.5) is 13.2 Å². The fraction of sp³-hybridized carbons (Fsp3) is 0.619. The molecule has 0 saturated carbocycles. The fourth-order valence-corrected chi connectivity index (χ4v) is 3.29. The van der Waals surface area contributed by atoms with Gasteiger partial charge >= 0.3 is 6.18 Å². The average molecular weight is 387 g/mol. The van der Waals surface area contributed by atoms with Gasteiger partial charge in [-0.2, -0.15) is 24.9 Å². The Hall–Kier alpha value is -1.12. The average Bonchev–Trinajstić information content (AvgIpc) is 2.61. The van der Waals surface area contributed by atoms with Crippen LogP contribution in [-0.2, 0) is 6.18 Å². The topological polar surface area (TPSA) is 20.2 Å². The molecular formula is C21H29F3OS. The lowest BCUT2D eigenvalue weighted by Crippen LogP contribution is -2.04. The highest BCUT2D eigenvalue weighted by Gasteiger charge is 2.29. The van der Waals surface area contributed by atoms with Crippen LogP contribution in [0, 0.1) is 11.8 Å². The van der Waals surface area contributed by atoms with E-state index in [1.54, 1.807) is 0 Å². The van der Waals surface area contributed by atoms with Crippen LogP contribution in [0.25, 0.3) is 0 Å². The first kappa shape index (κ1) is 22.9. The van der Waals surface area contributed by atoms with Gasteiger partial charge in [0.25, 0.3) is 0 Å². The number of aliphatic hydroxyl groups excluding tert-OH is 1. The smallest absolute Gasteiger partial charge is 0.396 e. The van der Waals surface area contributed by atoms with Crippen molar-refractivity contribution in [1.29, 1.82) is 0 Å². The lowest BCUT2D eigenvalue weighted by atomic mass is 10.1. The molecule has 0 fully saturated rings. The van der Waals surface area contributed by atoms with Gasteiger partial charge in [-0.15, -0.1) is 0 Å². The number of aliphatic hydroxyl groups is 1. The third kappa shape index (κ3) is 11.5. The Morgan fingerprint density at radius 2 is 1.38 bits per heavy atom. The number of halogens is 3. The number of alkyl halides is 3. The SMILES string of the molecule is OCCSCCCCCCCCCCC#Cc1ccc(C(F)(F)F)cc1. The molecule has 0 aliphatic carbocycles. The van der Waals surface area contributed by atoms with Gasteiger partial charge in [0.1, 0.15) is 0 Å². The lowest BCUT2D eigenvalue weighted by Gasteiger charge is -2.05. The molecule has 0 heterocycles. The first-order chi connectivity index (χ1) is 12.5. The van der Waals surface area contributed by atoms with Gasteiger partial charge in [-0.3, -0.25) is 0 Å². The maximum absolute atomic E-state index is 12.5. The third-order valence-electron chi connectivity index (χ3n) is 4.02. The second-order valence-corrected chi connectivity index (χ2v) is 7.52. The van der Waals surface area contributed by atoms with Gasteiger partial charge in [0.05, 0.1) is 12.2 Å². The molecule has 0 saturated heterocycles. The lowest BCUT2D eigenvalue weighted by molar-refractivity contribution is -0.137. The fourth-order valence-electron chi connectivity index (χ4n) is 2.55. The summed E-state index contributed by atoms with van der Waals surface area (Å²) in [6, 6.07) is 5.01. The molecule has 0 bridgehead atoms. The molecular weight excluding hydrogens is 357 g/mol. The predicted molar refractivity (Wildman–Crippen MR) is 104 cm³/mol. The van der Waals surface area contributed by atoms with Gasteiger partial charge < -0.3 is 5.11 Å². The van der Waals surface area contributed by atoms with Crippen LogP contribution < -0.4 is 0 Å². The van der Waals surface area contributed by atoms with Crippen LogP contribution in [0.2, 0.25) is 0 Å². The van der Waals surface area contributed by atoms with Crippen molar-refractivity contribution in [3.05, 3.63) is 35.4 Å². The Labute approximate surface area is 159 Å². The molecule has 0 unspecified atom stereocenters. The highest BCUT2D eigenvalue weighted by atomic mass is 32.2. The molecule has 5 heteroatoms. The number of benzene rings is 1. The zero-order chi connectivity index (χ0) is 19.1. The van der Waals surface area contributed by atoms with Gasteiger partial charge in [0.2, 0.25) is 0 Å². The van der Waals surface area contributed by atoms with E-state index in [1.807, 2.05) is 11.8 Å². The summed E-state index contributed by atoms with van der Waals surface area (Å²) < 4.78 is 37.4. The first-order valence-electron chi connectivity index (χ1n) is 9.39. The largest absolute Gasteiger partial charge is 0.416 e. The van der Waals surface area contributed by atoms with Crippen LogP contribution >= 0.6 is 11.8 Å². The van der Waals surface area contributed by atoms with Gasteiger partial charge in [0.15, 0.2) is 0 Å². The van der Waals surface area contributed by atoms with Crippen molar-refractivity contribution in [1.82, 2.24) is 0 Å². The molecule has 0 aliphatic rings. The van der Waals surface area contributed by atoms with Crippen molar-refractivity contribution < 1.29 is 18.3 Å². The van der Waals surface area contributed by atoms with Crippen LogP contribution in [0.1, 0.15) is 68.9 Å². The molecule has 26 heavy (non-hydrogen) atoms. The molecule has 0 atom stereocenters. The maximum atomic E-state index is 12.5. The van der Waals surface area contributed by atoms with E-state index < -0.39 is 11.7 Å². The summed E-state index contributed by atoms with van der Waals surface area (Å²) in [7, 11) is 0.